The average Bonchev–Trinajstić information content (AvgIpc) is 3.63. The Morgan fingerprint density at radius 2 is 1.19 bits per heavy atom. The average molecular weight is 695 g/mol. The summed E-state index contributed by atoms with van der Waals surface area (Å²) in [6, 6.07) is 58.1. The first-order chi connectivity index (χ1) is 26.6. The number of benzene rings is 7. The van der Waals surface area contributed by atoms with E-state index in [1.807, 2.05) is 66.9 Å². The number of fused-ring (bicyclic) bond motifs is 3. The Kier molecular flexibility index (Phi) is 8.39. The van der Waals surface area contributed by atoms with E-state index in [0.29, 0.717) is 11.4 Å². The minimum Gasteiger partial charge on any atom is -0.455 e. The highest BCUT2D eigenvalue weighted by molar-refractivity contribution is 6.10. The lowest BCUT2D eigenvalue weighted by Crippen LogP contribution is -2.42. The van der Waals surface area contributed by atoms with Gasteiger partial charge in [0.2, 0.25) is 0 Å². The van der Waals surface area contributed by atoms with Crippen molar-refractivity contribution in [1.82, 2.24) is 10.6 Å². The topological polar surface area (TPSA) is 84.8 Å². The van der Waals surface area contributed by atoms with E-state index in [1.54, 1.807) is 0 Å². The van der Waals surface area contributed by atoms with Crippen LogP contribution in [-0.4, -0.2) is 12.0 Å². The van der Waals surface area contributed by atoms with Gasteiger partial charge in [-0.3, -0.25) is 5.41 Å². The molecule has 8 aromatic rings. The molecule has 0 fully saturated rings. The number of para-hydroxylation sites is 1. The molecule has 54 heavy (non-hydrogen) atoms. The van der Waals surface area contributed by atoms with E-state index in [-0.39, 0.29) is 6.17 Å². The van der Waals surface area contributed by atoms with Crippen molar-refractivity contribution in [3.05, 3.63) is 199 Å². The minimum atomic E-state index is -0.151. The highest BCUT2D eigenvalue weighted by Crippen LogP contribution is 2.38. The highest BCUT2D eigenvalue weighted by Gasteiger charge is 2.14. The fourth-order valence-electron chi connectivity index (χ4n) is 7.09. The first-order valence-corrected chi connectivity index (χ1v) is 17.9. The SMILES string of the molecule is N#Cc1ccc(-c2cccc3c2oc2ccc(-c4ccc(-c5ccc(-c6ccc(C(=N)NC7C=CC(c8ccccc8)=CN7)cc6)cc5)cc4)cc23)cc1. The maximum Gasteiger partial charge on any atom is 0.143 e. The van der Waals surface area contributed by atoms with Crippen molar-refractivity contribution >= 4 is 33.3 Å². The van der Waals surface area contributed by atoms with Crippen molar-refractivity contribution in [2.45, 2.75) is 6.17 Å². The van der Waals surface area contributed by atoms with Gasteiger partial charge in [0.05, 0.1) is 11.6 Å². The third-order valence-corrected chi connectivity index (χ3v) is 10.1. The number of hydrogen-bond donors (Lipinski definition) is 3. The normalized spacial score (nSPS) is 13.6. The number of nitrogens with zero attached hydrogens (tertiary/aromatic N) is 1. The van der Waals surface area contributed by atoms with Gasteiger partial charge in [0.25, 0.3) is 0 Å². The molecule has 0 aliphatic carbocycles. The van der Waals surface area contributed by atoms with E-state index >= 15 is 0 Å². The molecule has 0 radical (unpaired) electrons. The molecule has 0 spiro atoms. The molecule has 0 saturated carbocycles. The molecule has 5 nitrogen and oxygen atoms in total. The van der Waals surface area contributed by atoms with E-state index in [4.69, 9.17) is 9.83 Å². The van der Waals surface area contributed by atoms with Crippen LogP contribution in [-0.2, 0) is 0 Å². The summed E-state index contributed by atoms with van der Waals surface area (Å²) in [4.78, 5) is 0. The predicted octanol–water partition coefficient (Wildman–Crippen LogP) is 11.6. The van der Waals surface area contributed by atoms with E-state index in [9.17, 15) is 5.26 Å². The van der Waals surface area contributed by atoms with Gasteiger partial charge in [-0.15, -0.1) is 0 Å². The molecule has 1 aromatic heterocycles. The molecule has 1 atom stereocenters. The largest absolute Gasteiger partial charge is 0.455 e. The summed E-state index contributed by atoms with van der Waals surface area (Å²) in [5.74, 6) is 0.367. The summed E-state index contributed by atoms with van der Waals surface area (Å²) in [6.07, 6.45) is 5.96. The summed E-state index contributed by atoms with van der Waals surface area (Å²) < 4.78 is 6.38. The Hall–Kier alpha value is -7.42. The van der Waals surface area contributed by atoms with E-state index < -0.39 is 0 Å². The van der Waals surface area contributed by atoms with Crippen LogP contribution >= 0.6 is 0 Å². The Labute approximate surface area is 313 Å². The number of nitriles is 1. The van der Waals surface area contributed by atoms with Gasteiger partial charge in [0.15, 0.2) is 0 Å². The monoisotopic (exact) mass is 694 g/mol. The molecule has 7 aromatic carbocycles. The molecule has 1 aliphatic rings. The van der Waals surface area contributed by atoms with Crippen LogP contribution in [0.15, 0.2) is 187 Å². The van der Waals surface area contributed by atoms with Gasteiger partial charge in [0.1, 0.15) is 23.2 Å². The van der Waals surface area contributed by atoms with Crippen LogP contribution in [0.4, 0.5) is 0 Å². The second kappa shape index (κ2) is 14.0. The number of nitrogens with one attached hydrogen (secondary N) is 3. The molecule has 9 rings (SSSR count). The lowest BCUT2D eigenvalue weighted by Gasteiger charge is -2.21. The van der Waals surface area contributed by atoms with Crippen LogP contribution in [0, 0.1) is 16.7 Å². The van der Waals surface area contributed by atoms with Gasteiger partial charge in [0, 0.05) is 28.1 Å². The van der Waals surface area contributed by atoms with Crippen molar-refractivity contribution in [2.24, 2.45) is 0 Å². The van der Waals surface area contributed by atoms with E-state index in [1.165, 1.54) is 0 Å². The fraction of sp³-hybridized carbons (Fsp3) is 0.0204. The van der Waals surface area contributed by atoms with Crippen molar-refractivity contribution in [2.75, 3.05) is 0 Å². The molecular weight excluding hydrogens is 661 g/mol. The second-order valence-electron chi connectivity index (χ2n) is 13.4. The number of hydrogen-bond acceptors (Lipinski definition) is 4. The van der Waals surface area contributed by atoms with Crippen LogP contribution in [0.3, 0.4) is 0 Å². The van der Waals surface area contributed by atoms with Crippen molar-refractivity contribution in [3.8, 4) is 50.6 Å². The zero-order valence-electron chi connectivity index (χ0n) is 29.3. The number of dihydropyridines is 1. The molecule has 0 saturated heterocycles. The van der Waals surface area contributed by atoms with Crippen molar-refractivity contribution in [3.63, 3.8) is 0 Å². The lowest BCUT2D eigenvalue weighted by molar-refractivity contribution is 0.656. The quantitative estimate of drug-likeness (QED) is 0.114. The smallest absolute Gasteiger partial charge is 0.143 e. The zero-order valence-corrected chi connectivity index (χ0v) is 29.3. The van der Waals surface area contributed by atoms with Gasteiger partial charge >= 0.3 is 0 Å². The lowest BCUT2D eigenvalue weighted by atomic mass is 9.97. The van der Waals surface area contributed by atoms with Gasteiger partial charge < -0.3 is 15.1 Å². The maximum absolute atomic E-state index is 9.21. The third kappa shape index (κ3) is 6.34. The summed E-state index contributed by atoms with van der Waals surface area (Å²) >= 11 is 0. The van der Waals surface area contributed by atoms with Crippen LogP contribution in [0.25, 0.3) is 72.0 Å². The number of amidine groups is 1. The van der Waals surface area contributed by atoms with Gasteiger partial charge in [-0.05, 0) is 80.4 Å². The molecule has 5 heteroatoms. The first kappa shape index (κ1) is 32.5. The molecule has 2 heterocycles. The molecule has 1 aliphatic heterocycles. The van der Waals surface area contributed by atoms with Gasteiger partial charge in [-0.1, -0.05) is 146 Å². The summed E-state index contributed by atoms with van der Waals surface area (Å²) in [5.41, 5.74) is 14.3. The molecule has 3 N–H and O–H groups in total. The number of furan rings is 1. The van der Waals surface area contributed by atoms with E-state index in [0.717, 1.165) is 83.1 Å². The molecule has 256 valence electrons. The predicted molar refractivity (Wildman–Crippen MR) is 221 cm³/mol. The zero-order chi connectivity index (χ0) is 36.4. The number of rotatable bonds is 7. The standard InChI is InChI=1S/C49H34N4O/c50-30-32-9-11-39(12-10-32)43-7-4-8-44-45-29-41(25-27-46(45)54-48(43)44)38-19-17-36(18-20-38)34-13-15-35(16-14-34)37-21-23-40(24-22-37)49(51)53-47-28-26-42(31-52-47)33-5-2-1-3-6-33/h1-29,31,47,52H,(H2,51,53). The van der Waals surface area contributed by atoms with Crippen LogP contribution in [0.5, 0.6) is 0 Å². The summed E-state index contributed by atoms with van der Waals surface area (Å²) in [7, 11) is 0. The Bertz CT molecular complexity index is 2750. The molecular formula is C49H34N4O. The molecule has 0 amide bonds. The Morgan fingerprint density at radius 1 is 0.593 bits per heavy atom. The van der Waals surface area contributed by atoms with Crippen LogP contribution in [0.2, 0.25) is 0 Å². The molecule has 1 unspecified atom stereocenters. The summed E-state index contributed by atoms with van der Waals surface area (Å²) in [5, 5.41) is 26.6. The third-order valence-electron chi connectivity index (χ3n) is 10.1. The minimum absolute atomic E-state index is 0.151. The van der Waals surface area contributed by atoms with Crippen LogP contribution in [0.1, 0.15) is 16.7 Å². The van der Waals surface area contributed by atoms with Gasteiger partial charge in [-0.25, -0.2) is 0 Å². The number of allylic oxidation sites excluding steroid dienone is 2. The van der Waals surface area contributed by atoms with Crippen molar-refractivity contribution in [1.29, 1.82) is 10.7 Å². The summed E-state index contributed by atoms with van der Waals surface area (Å²) in [6.45, 7) is 0. The highest BCUT2D eigenvalue weighted by atomic mass is 16.3. The van der Waals surface area contributed by atoms with Crippen molar-refractivity contribution < 1.29 is 4.42 Å². The maximum atomic E-state index is 9.21. The van der Waals surface area contributed by atoms with E-state index in [2.05, 4.69) is 132 Å². The fourth-order valence-corrected chi connectivity index (χ4v) is 7.09. The van der Waals surface area contributed by atoms with Gasteiger partial charge in [-0.2, -0.15) is 5.26 Å². The first-order valence-electron chi connectivity index (χ1n) is 17.9. The molecule has 0 bridgehead atoms. The second-order valence-corrected chi connectivity index (χ2v) is 13.4. The van der Waals surface area contributed by atoms with Crippen LogP contribution < -0.4 is 10.6 Å². The Morgan fingerprint density at radius 3 is 1.80 bits per heavy atom. The Balaban J connectivity index is 0.868.